The van der Waals surface area contributed by atoms with Crippen LogP contribution in [0.15, 0.2) is 24.3 Å². The fourth-order valence-corrected chi connectivity index (χ4v) is 5.15. The number of esters is 1. The molecular formula is C21H21F3N2O5. The van der Waals surface area contributed by atoms with Gasteiger partial charge in [0.05, 0.1) is 17.4 Å². The molecule has 4 rings (SSSR count). The lowest BCUT2D eigenvalue weighted by atomic mass is 9.81. The van der Waals surface area contributed by atoms with Crippen LogP contribution in [0.25, 0.3) is 0 Å². The Morgan fingerprint density at radius 1 is 1.16 bits per heavy atom. The topological polar surface area (TPSA) is 92.8 Å². The Kier molecular flexibility index (Phi) is 5.26. The van der Waals surface area contributed by atoms with Gasteiger partial charge in [-0.2, -0.15) is 13.2 Å². The molecule has 7 nitrogen and oxygen atoms in total. The minimum absolute atomic E-state index is 0.0999. The Labute approximate surface area is 175 Å². The summed E-state index contributed by atoms with van der Waals surface area (Å²) in [4.78, 5) is 50.8. The van der Waals surface area contributed by atoms with Crippen molar-refractivity contribution in [3.05, 3.63) is 29.8 Å². The quantitative estimate of drug-likeness (QED) is 0.564. The number of carbonyl (C=O) groups excluding carboxylic acids is 4. The van der Waals surface area contributed by atoms with Gasteiger partial charge in [0, 0.05) is 5.69 Å². The number of benzene rings is 1. The number of nitrogens with one attached hydrogen (secondary N) is 1. The second kappa shape index (κ2) is 7.65. The van der Waals surface area contributed by atoms with Crippen molar-refractivity contribution in [3.63, 3.8) is 0 Å². The number of halogens is 3. The molecule has 0 spiro atoms. The maximum absolute atomic E-state index is 12.8. The van der Waals surface area contributed by atoms with E-state index in [1.54, 1.807) is 0 Å². The summed E-state index contributed by atoms with van der Waals surface area (Å²) >= 11 is 0. The monoisotopic (exact) mass is 438 g/mol. The molecule has 0 aromatic heterocycles. The molecule has 0 unspecified atom stereocenters. The molecule has 5 atom stereocenters. The van der Waals surface area contributed by atoms with Crippen LogP contribution in [0.3, 0.4) is 0 Å². The summed E-state index contributed by atoms with van der Waals surface area (Å²) in [5.41, 5.74) is -1.03. The highest BCUT2D eigenvalue weighted by molar-refractivity contribution is 6.08. The van der Waals surface area contributed by atoms with Crippen molar-refractivity contribution in [1.82, 2.24) is 4.90 Å². The summed E-state index contributed by atoms with van der Waals surface area (Å²) in [6.45, 7) is 0.611. The molecule has 2 bridgehead atoms. The molecule has 1 N–H and O–H groups in total. The van der Waals surface area contributed by atoms with Gasteiger partial charge in [-0.15, -0.1) is 0 Å². The van der Waals surface area contributed by atoms with Gasteiger partial charge in [0.25, 0.3) is 5.91 Å². The standard InChI is InChI=1S/C21H21F3N2O5/c1-10(26-18(28)16-11-5-6-12(7-11)17(16)19(26)29)20(30)31-9-15(27)25-14-4-2-3-13(8-14)21(22,23)24/h2-4,8,10-12,16-17H,5-7,9H2,1H3,(H,25,27)/t10-,11+,12+,16+,17+/m1/s1. The molecular weight excluding hydrogens is 417 g/mol. The van der Waals surface area contributed by atoms with E-state index in [4.69, 9.17) is 4.74 Å². The smallest absolute Gasteiger partial charge is 0.416 e. The maximum Gasteiger partial charge on any atom is 0.416 e. The predicted molar refractivity (Wildman–Crippen MR) is 100 cm³/mol. The number of imide groups is 1. The molecule has 1 aromatic carbocycles. The highest BCUT2D eigenvalue weighted by atomic mass is 19.4. The van der Waals surface area contributed by atoms with Crippen molar-refractivity contribution < 1.29 is 37.1 Å². The minimum Gasteiger partial charge on any atom is -0.454 e. The number of amides is 3. The van der Waals surface area contributed by atoms with Gasteiger partial charge in [-0.25, -0.2) is 4.79 Å². The summed E-state index contributed by atoms with van der Waals surface area (Å²) < 4.78 is 43.2. The number of anilines is 1. The highest BCUT2D eigenvalue weighted by Crippen LogP contribution is 2.56. The van der Waals surface area contributed by atoms with E-state index in [9.17, 15) is 32.3 Å². The summed E-state index contributed by atoms with van der Waals surface area (Å²) in [6.07, 6.45) is -1.87. The van der Waals surface area contributed by atoms with Gasteiger partial charge in [0.2, 0.25) is 11.8 Å². The van der Waals surface area contributed by atoms with Crippen LogP contribution < -0.4 is 5.32 Å². The van der Waals surface area contributed by atoms with Crippen molar-refractivity contribution in [3.8, 4) is 0 Å². The first kappa shape index (κ1) is 21.3. The maximum atomic E-state index is 12.8. The number of likely N-dealkylation sites (tertiary alicyclic amines) is 1. The fourth-order valence-electron chi connectivity index (χ4n) is 5.15. The van der Waals surface area contributed by atoms with E-state index in [-0.39, 0.29) is 41.2 Å². The highest BCUT2D eigenvalue weighted by Gasteiger charge is 2.62. The Balaban J connectivity index is 1.33. The largest absolute Gasteiger partial charge is 0.454 e. The van der Waals surface area contributed by atoms with Crippen molar-refractivity contribution in [2.24, 2.45) is 23.7 Å². The van der Waals surface area contributed by atoms with Crippen LogP contribution in [0.1, 0.15) is 31.7 Å². The molecule has 3 amide bonds. The van der Waals surface area contributed by atoms with Crippen LogP contribution in [-0.4, -0.2) is 41.2 Å². The molecule has 3 fully saturated rings. The number of alkyl halides is 3. The molecule has 1 saturated heterocycles. The first-order valence-corrected chi connectivity index (χ1v) is 10.1. The van der Waals surface area contributed by atoms with Crippen LogP contribution >= 0.6 is 0 Å². The van der Waals surface area contributed by atoms with Crippen LogP contribution in [-0.2, 0) is 30.1 Å². The molecule has 1 aliphatic heterocycles. The third-order valence-corrected chi connectivity index (χ3v) is 6.51. The van der Waals surface area contributed by atoms with Gasteiger partial charge >= 0.3 is 12.1 Å². The summed E-state index contributed by atoms with van der Waals surface area (Å²) in [6, 6.07) is 2.86. The number of ether oxygens (including phenoxy) is 1. The van der Waals surface area contributed by atoms with Crippen molar-refractivity contribution in [2.45, 2.75) is 38.4 Å². The zero-order valence-corrected chi connectivity index (χ0v) is 16.6. The van der Waals surface area contributed by atoms with E-state index >= 15 is 0 Å². The van der Waals surface area contributed by atoms with Crippen LogP contribution in [0.4, 0.5) is 18.9 Å². The number of carbonyl (C=O) groups is 4. The SMILES string of the molecule is C[C@H](C(=O)OCC(=O)Nc1cccc(C(F)(F)F)c1)N1C(=O)[C@H]2[C@H]3CC[C@@H](C3)[C@@H]2C1=O. The lowest BCUT2D eigenvalue weighted by Gasteiger charge is -2.23. The third kappa shape index (κ3) is 3.79. The Hall–Kier alpha value is -2.91. The second-order valence-electron chi connectivity index (χ2n) is 8.34. The Morgan fingerprint density at radius 3 is 2.35 bits per heavy atom. The van der Waals surface area contributed by atoms with Gasteiger partial charge in [-0.05, 0) is 56.2 Å². The number of rotatable bonds is 5. The van der Waals surface area contributed by atoms with Crippen LogP contribution in [0.2, 0.25) is 0 Å². The fraction of sp³-hybridized carbons (Fsp3) is 0.524. The molecule has 3 aliphatic rings. The first-order chi connectivity index (χ1) is 14.6. The molecule has 0 radical (unpaired) electrons. The molecule has 166 valence electrons. The molecule has 31 heavy (non-hydrogen) atoms. The minimum atomic E-state index is -4.56. The number of nitrogens with zero attached hydrogens (tertiary/aromatic N) is 1. The van der Waals surface area contributed by atoms with Crippen LogP contribution in [0, 0.1) is 23.7 Å². The van der Waals surface area contributed by atoms with E-state index in [2.05, 4.69) is 5.32 Å². The van der Waals surface area contributed by atoms with Crippen molar-refractivity contribution in [2.75, 3.05) is 11.9 Å². The lowest BCUT2D eigenvalue weighted by molar-refractivity contribution is -0.159. The number of hydrogen-bond acceptors (Lipinski definition) is 5. The Bertz CT molecular complexity index is 919. The van der Waals surface area contributed by atoms with Gasteiger partial charge in [0.15, 0.2) is 6.61 Å². The third-order valence-electron chi connectivity index (χ3n) is 6.51. The van der Waals surface area contributed by atoms with Gasteiger partial charge in [0.1, 0.15) is 6.04 Å². The first-order valence-electron chi connectivity index (χ1n) is 10.1. The molecule has 1 aromatic rings. The van der Waals surface area contributed by atoms with Crippen molar-refractivity contribution in [1.29, 1.82) is 0 Å². The average Bonchev–Trinajstić information content (AvgIpc) is 3.39. The summed E-state index contributed by atoms with van der Waals surface area (Å²) in [5.74, 6) is -2.87. The second-order valence-corrected chi connectivity index (χ2v) is 8.34. The molecule has 1 heterocycles. The van der Waals surface area contributed by atoms with E-state index in [0.29, 0.717) is 0 Å². The number of hydrogen-bond donors (Lipinski definition) is 1. The normalized spacial score (nSPS) is 27.9. The zero-order chi connectivity index (χ0) is 22.5. The molecule has 10 heteroatoms. The molecule has 2 aliphatic carbocycles. The summed E-state index contributed by atoms with van der Waals surface area (Å²) in [7, 11) is 0. The van der Waals surface area contributed by atoms with E-state index in [1.807, 2.05) is 0 Å². The predicted octanol–water partition coefficient (Wildman–Crippen LogP) is 2.61. The van der Waals surface area contributed by atoms with Gasteiger partial charge < -0.3 is 10.1 Å². The average molecular weight is 438 g/mol. The summed E-state index contributed by atoms with van der Waals surface area (Å²) in [5, 5.41) is 2.22. The van der Waals surface area contributed by atoms with E-state index in [0.717, 1.165) is 42.4 Å². The van der Waals surface area contributed by atoms with Crippen LogP contribution in [0.5, 0.6) is 0 Å². The van der Waals surface area contributed by atoms with Gasteiger partial charge in [-0.1, -0.05) is 6.07 Å². The zero-order valence-electron chi connectivity index (χ0n) is 16.6. The molecule has 2 saturated carbocycles. The Morgan fingerprint density at radius 2 is 1.77 bits per heavy atom. The van der Waals surface area contributed by atoms with E-state index < -0.39 is 36.3 Å². The van der Waals surface area contributed by atoms with Crippen molar-refractivity contribution >= 4 is 29.4 Å². The van der Waals surface area contributed by atoms with Gasteiger partial charge in [-0.3, -0.25) is 19.3 Å². The van der Waals surface area contributed by atoms with E-state index in [1.165, 1.54) is 13.0 Å². The number of fused-ring (bicyclic) bond motifs is 5. The lowest BCUT2D eigenvalue weighted by Crippen LogP contribution is -2.45.